The van der Waals surface area contributed by atoms with E-state index in [0.717, 1.165) is 39.5 Å². The van der Waals surface area contributed by atoms with Crippen molar-refractivity contribution in [2.75, 3.05) is 14.1 Å². The largest absolute Gasteiger partial charge is 0.460 e. The third-order valence-electron chi connectivity index (χ3n) is 5.66. The first-order valence-electron chi connectivity index (χ1n) is 10.8. The van der Waals surface area contributed by atoms with Crippen LogP contribution < -0.4 is 4.74 Å². The maximum absolute atomic E-state index is 11.8. The third-order valence-corrected chi connectivity index (χ3v) is 5.66. The van der Waals surface area contributed by atoms with Crippen molar-refractivity contribution in [3.05, 3.63) is 106 Å². The van der Waals surface area contributed by atoms with Crippen molar-refractivity contribution in [3.8, 4) is 5.75 Å². The van der Waals surface area contributed by atoms with Crippen LogP contribution in [0.2, 0.25) is 0 Å². The van der Waals surface area contributed by atoms with E-state index in [1.54, 1.807) is 6.92 Å². The van der Waals surface area contributed by atoms with E-state index < -0.39 is 0 Å². The second kappa shape index (κ2) is 8.83. The van der Waals surface area contributed by atoms with Gasteiger partial charge < -0.3 is 9.75 Å². The monoisotopic (exact) mass is 424 g/mol. The number of aryl methyl sites for hydroxylation is 1. The summed E-state index contributed by atoms with van der Waals surface area (Å²) in [6.45, 7) is 5.80. The van der Waals surface area contributed by atoms with Crippen LogP contribution in [-0.2, 0) is 0 Å². The number of allylic oxidation sites excluding steroid dienone is 1. The second-order valence-corrected chi connectivity index (χ2v) is 8.39. The van der Waals surface area contributed by atoms with Gasteiger partial charge in [-0.1, -0.05) is 66.2 Å². The molecule has 4 nitrogen and oxygen atoms in total. The summed E-state index contributed by atoms with van der Waals surface area (Å²) >= 11 is 0. The van der Waals surface area contributed by atoms with Gasteiger partial charge in [-0.15, -0.1) is 0 Å². The van der Waals surface area contributed by atoms with E-state index in [1.807, 2.05) is 61.6 Å². The molecule has 0 spiro atoms. The topological polar surface area (TPSA) is 41.9 Å². The highest BCUT2D eigenvalue weighted by molar-refractivity contribution is 6.08. The number of rotatable bonds is 4. The molecule has 32 heavy (non-hydrogen) atoms. The van der Waals surface area contributed by atoms with Gasteiger partial charge in [-0.3, -0.25) is 4.79 Å². The summed E-state index contributed by atoms with van der Waals surface area (Å²) in [4.78, 5) is 11.8. The van der Waals surface area contributed by atoms with E-state index in [2.05, 4.69) is 44.2 Å². The van der Waals surface area contributed by atoms with Gasteiger partial charge >= 0.3 is 0 Å². The van der Waals surface area contributed by atoms with Crippen LogP contribution in [0.15, 0.2) is 83.7 Å². The number of hydrogen-bond acceptors (Lipinski definition) is 4. The third kappa shape index (κ3) is 4.22. The number of hydrazone groups is 1. The molecule has 4 heteroatoms. The highest BCUT2D eigenvalue weighted by Gasteiger charge is 2.31. The summed E-state index contributed by atoms with van der Waals surface area (Å²) in [7, 11) is 3.87. The van der Waals surface area contributed by atoms with E-state index >= 15 is 0 Å². The van der Waals surface area contributed by atoms with Crippen LogP contribution in [0.4, 0.5) is 0 Å². The van der Waals surface area contributed by atoms with Crippen LogP contribution in [0.25, 0.3) is 5.57 Å². The molecule has 1 aliphatic heterocycles. The number of hydrogen-bond donors (Lipinski definition) is 0. The second-order valence-electron chi connectivity index (χ2n) is 8.39. The van der Waals surface area contributed by atoms with Gasteiger partial charge in [-0.2, -0.15) is 5.10 Å². The zero-order valence-electron chi connectivity index (χ0n) is 19.2. The molecule has 0 N–H and O–H groups in total. The molecular weight excluding hydrogens is 396 g/mol. The Morgan fingerprint density at radius 1 is 0.875 bits per heavy atom. The predicted molar refractivity (Wildman–Crippen MR) is 130 cm³/mol. The molecule has 3 aromatic carbocycles. The van der Waals surface area contributed by atoms with Gasteiger partial charge in [-0.05, 0) is 44.0 Å². The summed E-state index contributed by atoms with van der Waals surface area (Å²) in [5.74, 6) is 1.64. The van der Waals surface area contributed by atoms with Crippen LogP contribution in [0, 0.1) is 12.8 Å². The van der Waals surface area contributed by atoms with Crippen molar-refractivity contribution in [1.29, 1.82) is 0 Å². The number of benzene rings is 3. The Labute approximate surface area is 189 Å². The number of ether oxygens (including phenoxy) is 1. The van der Waals surface area contributed by atoms with Gasteiger partial charge in [0.15, 0.2) is 5.78 Å². The Balaban J connectivity index is 1.97. The number of carbonyl (C=O) groups excluding carboxylic acids is 1. The first kappa shape index (κ1) is 21.6. The molecule has 0 fully saturated rings. The van der Waals surface area contributed by atoms with Crippen molar-refractivity contribution >= 4 is 17.1 Å². The van der Waals surface area contributed by atoms with Crippen LogP contribution >= 0.6 is 0 Å². The quantitative estimate of drug-likeness (QED) is 0.384. The van der Waals surface area contributed by atoms with Gasteiger partial charge in [0.2, 0.25) is 0 Å². The molecular formula is C28H28N2O2. The zero-order valence-corrected chi connectivity index (χ0v) is 19.2. The lowest BCUT2D eigenvalue weighted by Gasteiger charge is -2.30. The predicted octanol–water partition coefficient (Wildman–Crippen LogP) is 5.95. The van der Waals surface area contributed by atoms with Crippen molar-refractivity contribution in [2.24, 2.45) is 11.0 Å². The maximum atomic E-state index is 11.8. The maximum Gasteiger partial charge on any atom is 0.159 e. The molecule has 0 aliphatic carbocycles. The fourth-order valence-corrected chi connectivity index (χ4v) is 4.00. The summed E-state index contributed by atoms with van der Waals surface area (Å²) in [6, 6.07) is 24.2. The average molecular weight is 425 g/mol. The highest BCUT2D eigenvalue weighted by atomic mass is 16.5. The molecule has 0 aromatic heterocycles. The van der Waals surface area contributed by atoms with E-state index in [-0.39, 0.29) is 11.7 Å². The lowest BCUT2D eigenvalue weighted by atomic mass is 9.86. The number of carbonyl (C=O) groups is 1. The summed E-state index contributed by atoms with van der Waals surface area (Å²) in [6.07, 6.45) is 0. The Hall–Kier alpha value is -3.66. The van der Waals surface area contributed by atoms with Crippen molar-refractivity contribution in [2.45, 2.75) is 20.8 Å². The number of nitrogens with zero attached hydrogens (tertiary/aromatic N) is 2. The van der Waals surface area contributed by atoms with Gasteiger partial charge in [0.25, 0.3) is 0 Å². The summed E-state index contributed by atoms with van der Waals surface area (Å²) < 4.78 is 6.55. The lowest BCUT2D eigenvalue weighted by Crippen LogP contribution is -2.27. The molecule has 1 unspecified atom stereocenters. The number of ketones is 1. The molecule has 0 radical (unpaired) electrons. The summed E-state index contributed by atoms with van der Waals surface area (Å²) in [5.41, 5.74) is 6.95. The van der Waals surface area contributed by atoms with Crippen molar-refractivity contribution in [3.63, 3.8) is 0 Å². The Morgan fingerprint density at radius 2 is 1.44 bits per heavy atom. The number of fused-ring (bicyclic) bond motifs is 1. The van der Waals surface area contributed by atoms with E-state index in [1.165, 1.54) is 5.56 Å². The molecule has 0 amide bonds. The number of para-hydroxylation sites is 1. The summed E-state index contributed by atoms with van der Waals surface area (Å²) in [5, 5.41) is 6.65. The van der Waals surface area contributed by atoms with Gasteiger partial charge in [-0.25, -0.2) is 0 Å². The standard InChI is InChI=1S/C28H28N2O2/c1-18-10-12-22(13-11-18)26(23-16-14-21(15-17-23)20(3)31)28-19(2)27(29-30(4)5)24-8-6-7-9-25(24)32-28/h6-17,19H,1-5H3/b28-26+,29-27+. The molecule has 1 aliphatic rings. The molecule has 1 atom stereocenters. The molecule has 1 heterocycles. The Morgan fingerprint density at radius 3 is 2.03 bits per heavy atom. The molecule has 3 aromatic rings. The van der Waals surface area contributed by atoms with Gasteiger partial charge in [0, 0.05) is 30.8 Å². The minimum Gasteiger partial charge on any atom is -0.460 e. The van der Waals surface area contributed by atoms with E-state index in [4.69, 9.17) is 9.84 Å². The fourth-order valence-electron chi connectivity index (χ4n) is 4.00. The van der Waals surface area contributed by atoms with Crippen LogP contribution in [0.5, 0.6) is 5.75 Å². The van der Waals surface area contributed by atoms with Crippen LogP contribution in [-0.4, -0.2) is 30.6 Å². The van der Waals surface area contributed by atoms with Gasteiger partial charge in [0.1, 0.15) is 11.5 Å². The fraction of sp³-hybridized carbons (Fsp3) is 0.214. The van der Waals surface area contributed by atoms with Crippen LogP contribution in [0.1, 0.15) is 46.5 Å². The molecule has 0 bridgehead atoms. The first-order chi connectivity index (χ1) is 15.3. The minimum absolute atomic E-state index is 0.0534. The first-order valence-corrected chi connectivity index (χ1v) is 10.8. The van der Waals surface area contributed by atoms with Crippen molar-refractivity contribution < 1.29 is 9.53 Å². The molecule has 4 rings (SSSR count). The van der Waals surface area contributed by atoms with E-state index in [9.17, 15) is 4.79 Å². The average Bonchev–Trinajstić information content (AvgIpc) is 2.78. The highest BCUT2D eigenvalue weighted by Crippen LogP contribution is 2.39. The minimum atomic E-state index is -0.0592. The molecule has 162 valence electrons. The SMILES string of the molecule is CC(=O)c1ccc(/C(=C2/Oc3ccccc3/C(=N/N(C)C)C2C)c2ccc(C)cc2)cc1. The molecule has 0 saturated heterocycles. The zero-order chi connectivity index (χ0) is 22.8. The number of Topliss-reactive ketones (excluding diaryl/α,β-unsaturated/α-hetero) is 1. The Kier molecular flexibility index (Phi) is 5.95. The Bertz CT molecular complexity index is 1200. The van der Waals surface area contributed by atoms with Crippen molar-refractivity contribution in [1.82, 2.24) is 5.01 Å². The van der Waals surface area contributed by atoms with Crippen LogP contribution in [0.3, 0.4) is 0 Å². The normalized spacial score (nSPS) is 18.0. The lowest BCUT2D eigenvalue weighted by molar-refractivity contribution is 0.101. The van der Waals surface area contributed by atoms with E-state index in [0.29, 0.717) is 5.56 Å². The molecule has 0 saturated carbocycles. The van der Waals surface area contributed by atoms with Gasteiger partial charge in [0.05, 0.1) is 11.6 Å². The smallest absolute Gasteiger partial charge is 0.159 e.